The maximum absolute atomic E-state index is 12.7. The molecule has 0 atom stereocenters. The number of carbonyl (C=O) groups is 2. The highest BCUT2D eigenvalue weighted by Gasteiger charge is 2.05. The van der Waals surface area contributed by atoms with Crippen molar-refractivity contribution in [2.45, 2.75) is 6.42 Å². The Hall–Kier alpha value is -2.76. The molecule has 0 aliphatic carbocycles. The summed E-state index contributed by atoms with van der Waals surface area (Å²) in [4.78, 5) is 27.2. The van der Waals surface area contributed by atoms with Crippen molar-refractivity contribution in [3.05, 3.63) is 65.7 Å². The van der Waals surface area contributed by atoms with Gasteiger partial charge in [0.1, 0.15) is 5.82 Å². The van der Waals surface area contributed by atoms with Gasteiger partial charge in [-0.2, -0.15) is 0 Å². The number of amides is 2. The lowest BCUT2D eigenvalue weighted by Gasteiger charge is -2.07. The molecule has 0 saturated heterocycles. The summed E-state index contributed by atoms with van der Waals surface area (Å²) in [5, 5.41) is 5.39. The van der Waals surface area contributed by atoms with Gasteiger partial charge in [-0.3, -0.25) is 14.6 Å². The van der Waals surface area contributed by atoms with Crippen LogP contribution in [-0.4, -0.2) is 29.9 Å². The number of hydrogen-bond acceptors (Lipinski definition) is 3. The van der Waals surface area contributed by atoms with Crippen molar-refractivity contribution in [1.82, 2.24) is 15.6 Å². The molecule has 2 rings (SSSR count). The summed E-state index contributed by atoms with van der Waals surface area (Å²) in [6.07, 6.45) is 3.26. The second-order valence-electron chi connectivity index (χ2n) is 4.64. The van der Waals surface area contributed by atoms with Crippen LogP contribution in [-0.2, 0) is 11.2 Å². The van der Waals surface area contributed by atoms with Crippen LogP contribution in [0.25, 0.3) is 0 Å². The summed E-state index contributed by atoms with van der Waals surface area (Å²) >= 11 is 0. The van der Waals surface area contributed by atoms with Crippen LogP contribution in [0, 0.1) is 5.82 Å². The van der Waals surface area contributed by atoms with Crippen molar-refractivity contribution in [3.8, 4) is 0 Å². The molecule has 0 saturated carbocycles. The molecule has 0 unspecified atom stereocenters. The Labute approximate surface area is 127 Å². The third kappa shape index (κ3) is 4.97. The molecule has 6 heteroatoms. The van der Waals surface area contributed by atoms with Crippen LogP contribution in [0.15, 0.2) is 48.8 Å². The zero-order chi connectivity index (χ0) is 15.8. The van der Waals surface area contributed by atoms with Crippen LogP contribution in [0.5, 0.6) is 0 Å². The molecule has 0 fully saturated rings. The van der Waals surface area contributed by atoms with E-state index in [4.69, 9.17) is 0 Å². The van der Waals surface area contributed by atoms with E-state index in [0.717, 1.165) is 5.56 Å². The van der Waals surface area contributed by atoms with Crippen molar-refractivity contribution in [2.24, 2.45) is 0 Å². The fourth-order valence-corrected chi connectivity index (χ4v) is 1.83. The number of nitrogens with one attached hydrogen (secondary N) is 2. The SMILES string of the molecule is O=C(Cc1ccc(F)cc1)NCCNC(=O)c1ccncc1. The molecule has 0 bridgehead atoms. The average molecular weight is 301 g/mol. The summed E-state index contributed by atoms with van der Waals surface area (Å²) in [6.45, 7) is 0.660. The normalized spacial score (nSPS) is 10.0. The number of aromatic nitrogens is 1. The molecule has 1 heterocycles. The third-order valence-corrected chi connectivity index (χ3v) is 2.95. The maximum Gasteiger partial charge on any atom is 0.251 e. The summed E-state index contributed by atoms with van der Waals surface area (Å²) in [5.74, 6) is -0.720. The van der Waals surface area contributed by atoms with Crippen molar-refractivity contribution in [2.75, 3.05) is 13.1 Å². The molecule has 0 radical (unpaired) electrons. The van der Waals surface area contributed by atoms with E-state index in [-0.39, 0.29) is 24.1 Å². The first-order valence-electron chi connectivity index (χ1n) is 6.84. The van der Waals surface area contributed by atoms with Crippen LogP contribution >= 0.6 is 0 Å². The largest absolute Gasteiger partial charge is 0.354 e. The molecule has 0 spiro atoms. The van der Waals surface area contributed by atoms with E-state index >= 15 is 0 Å². The number of carbonyl (C=O) groups excluding carboxylic acids is 2. The molecule has 2 amide bonds. The quantitative estimate of drug-likeness (QED) is 0.790. The van der Waals surface area contributed by atoms with Gasteiger partial charge in [-0.15, -0.1) is 0 Å². The molecular formula is C16H16FN3O2. The Balaban J connectivity index is 1.67. The minimum atomic E-state index is -0.331. The van der Waals surface area contributed by atoms with Gasteiger partial charge in [-0.25, -0.2) is 4.39 Å². The lowest BCUT2D eigenvalue weighted by molar-refractivity contribution is -0.120. The maximum atomic E-state index is 12.7. The highest BCUT2D eigenvalue weighted by molar-refractivity contribution is 5.93. The Morgan fingerprint density at radius 1 is 0.955 bits per heavy atom. The minimum absolute atomic E-state index is 0.176. The lowest BCUT2D eigenvalue weighted by Crippen LogP contribution is -2.35. The van der Waals surface area contributed by atoms with Crippen LogP contribution in [0.2, 0.25) is 0 Å². The number of halogens is 1. The summed E-state index contributed by atoms with van der Waals surface area (Å²) < 4.78 is 12.7. The van der Waals surface area contributed by atoms with Crippen molar-refractivity contribution in [1.29, 1.82) is 0 Å². The lowest BCUT2D eigenvalue weighted by atomic mass is 10.1. The van der Waals surface area contributed by atoms with Gasteiger partial charge >= 0.3 is 0 Å². The van der Waals surface area contributed by atoms with E-state index in [1.54, 1.807) is 36.7 Å². The highest BCUT2D eigenvalue weighted by Crippen LogP contribution is 2.03. The van der Waals surface area contributed by atoms with E-state index in [2.05, 4.69) is 15.6 Å². The first kappa shape index (κ1) is 15.6. The minimum Gasteiger partial charge on any atom is -0.354 e. The molecule has 0 aliphatic heterocycles. The molecule has 2 N–H and O–H groups in total. The van der Waals surface area contributed by atoms with E-state index in [1.165, 1.54) is 12.1 Å². The van der Waals surface area contributed by atoms with Gasteiger partial charge in [-0.05, 0) is 29.8 Å². The number of pyridine rings is 1. The molecular weight excluding hydrogens is 285 g/mol. The Morgan fingerprint density at radius 2 is 1.59 bits per heavy atom. The molecule has 0 aliphatic rings. The van der Waals surface area contributed by atoms with Crippen molar-refractivity contribution >= 4 is 11.8 Å². The van der Waals surface area contributed by atoms with Crippen molar-refractivity contribution in [3.63, 3.8) is 0 Å². The number of benzene rings is 1. The first-order chi connectivity index (χ1) is 10.6. The van der Waals surface area contributed by atoms with E-state index in [1.807, 2.05) is 0 Å². The van der Waals surface area contributed by atoms with Gasteiger partial charge in [0.15, 0.2) is 0 Å². The molecule has 1 aromatic heterocycles. The Morgan fingerprint density at radius 3 is 2.27 bits per heavy atom. The van der Waals surface area contributed by atoms with E-state index in [0.29, 0.717) is 18.7 Å². The second-order valence-corrected chi connectivity index (χ2v) is 4.64. The zero-order valence-corrected chi connectivity index (χ0v) is 11.9. The zero-order valence-electron chi connectivity index (χ0n) is 11.9. The molecule has 5 nitrogen and oxygen atoms in total. The standard InChI is InChI=1S/C16H16FN3O2/c17-14-3-1-12(2-4-14)11-15(21)19-9-10-20-16(22)13-5-7-18-8-6-13/h1-8H,9-11H2,(H,19,21)(H,20,22). The fraction of sp³-hybridized carbons (Fsp3) is 0.188. The predicted octanol–water partition coefficient (Wildman–Crippen LogP) is 1.31. The van der Waals surface area contributed by atoms with Gasteiger partial charge in [0.2, 0.25) is 5.91 Å². The number of rotatable bonds is 6. The van der Waals surface area contributed by atoms with Crippen LogP contribution in [0.1, 0.15) is 15.9 Å². The number of hydrogen-bond donors (Lipinski definition) is 2. The molecule has 114 valence electrons. The van der Waals surface area contributed by atoms with Gasteiger partial charge < -0.3 is 10.6 Å². The fourth-order valence-electron chi connectivity index (χ4n) is 1.83. The van der Waals surface area contributed by atoms with Gasteiger partial charge in [0.05, 0.1) is 6.42 Å². The average Bonchev–Trinajstić information content (AvgIpc) is 2.54. The summed E-state index contributed by atoms with van der Waals surface area (Å²) in [6, 6.07) is 9.00. The topological polar surface area (TPSA) is 71.1 Å². The molecule has 1 aromatic carbocycles. The third-order valence-electron chi connectivity index (χ3n) is 2.95. The highest BCUT2D eigenvalue weighted by atomic mass is 19.1. The van der Waals surface area contributed by atoms with E-state index in [9.17, 15) is 14.0 Å². The van der Waals surface area contributed by atoms with Gasteiger partial charge in [0, 0.05) is 31.0 Å². The van der Waals surface area contributed by atoms with Crippen molar-refractivity contribution < 1.29 is 14.0 Å². The van der Waals surface area contributed by atoms with Crippen LogP contribution < -0.4 is 10.6 Å². The Bertz CT molecular complexity index is 630. The smallest absolute Gasteiger partial charge is 0.251 e. The van der Waals surface area contributed by atoms with Gasteiger partial charge in [-0.1, -0.05) is 12.1 Å². The molecule has 2 aromatic rings. The number of nitrogens with zero attached hydrogens (tertiary/aromatic N) is 1. The second kappa shape index (κ2) is 7.87. The van der Waals surface area contributed by atoms with Gasteiger partial charge in [0.25, 0.3) is 5.91 Å². The van der Waals surface area contributed by atoms with E-state index < -0.39 is 0 Å². The Kier molecular flexibility index (Phi) is 5.59. The summed E-state index contributed by atoms with van der Waals surface area (Å²) in [7, 11) is 0. The summed E-state index contributed by atoms with van der Waals surface area (Å²) in [5.41, 5.74) is 1.26. The monoisotopic (exact) mass is 301 g/mol. The van der Waals surface area contributed by atoms with Crippen LogP contribution in [0.4, 0.5) is 4.39 Å². The predicted molar refractivity (Wildman–Crippen MR) is 79.7 cm³/mol. The van der Waals surface area contributed by atoms with Crippen LogP contribution in [0.3, 0.4) is 0 Å². The first-order valence-corrected chi connectivity index (χ1v) is 6.84. The molecule has 22 heavy (non-hydrogen) atoms.